The van der Waals surface area contributed by atoms with Crippen LogP contribution in [0.25, 0.3) is 0 Å². The lowest BCUT2D eigenvalue weighted by molar-refractivity contribution is -0.130. The lowest BCUT2D eigenvalue weighted by atomic mass is 9.82. The molecule has 28 heavy (non-hydrogen) atoms. The molecule has 148 valence electrons. The molecule has 2 fully saturated rings. The Morgan fingerprint density at radius 1 is 1.18 bits per heavy atom. The number of phenolic OH excluding ortho intramolecular Hbond substituents is 1. The van der Waals surface area contributed by atoms with Crippen LogP contribution in [0, 0.1) is 11.3 Å². The molecule has 0 spiro atoms. The van der Waals surface area contributed by atoms with Crippen LogP contribution in [0.2, 0.25) is 0 Å². The van der Waals surface area contributed by atoms with E-state index in [-0.39, 0.29) is 30.1 Å². The van der Waals surface area contributed by atoms with Crippen LogP contribution in [-0.4, -0.2) is 64.6 Å². The molecule has 0 aliphatic carbocycles. The number of carbonyl (C=O) groups is 2. The molecule has 2 amide bonds. The number of carbonyl (C=O) groups excluding carboxylic acids is 2. The minimum atomic E-state index is -0.454. The Hall–Kier alpha value is -2.38. The van der Waals surface area contributed by atoms with Gasteiger partial charge in [0.15, 0.2) is 0 Å². The summed E-state index contributed by atoms with van der Waals surface area (Å²) in [5, 5.41) is 23.8. The highest BCUT2D eigenvalue weighted by Crippen LogP contribution is 2.42. The van der Waals surface area contributed by atoms with Crippen molar-refractivity contribution >= 4 is 23.2 Å². The summed E-state index contributed by atoms with van der Waals surface area (Å²) in [6.07, 6.45) is 1.20. The number of aromatic hydroxyl groups is 1. The van der Waals surface area contributed by atoms with E-state index in [1.54, 1.807) is 28.4 Å². The van der Waals surface area contributed by atoms with E-state index in [0.717, 1.165) is 6.42 Å². The van der Waals surface area contributed by atoms with Gasteiger partial charge in [-0.15, -0.1) is 0 Å². The van der Waals surface area contributed by atoms with Gasteiger partial charge in [-0.1, -0.05) is 6.07 Å². The first kappa shape index (κ1) is 19.0. The van der Waals surface area contributed by atoms with Crippen molar-refractivity contribution in [2.24, 2.45) is 11.3 Å². The van der Waals surface area contributed by atoms with Gasteiger partial charge in [-0.3, -0.25) is 9.59 Å². The molecule has 7 heteroatoms. The molecule has 0 saturated carbocycles. The van der Waals surface area contributed by atoms with Gasteiger partial charge in [0.2, 0.25) is 5.91 Å². The van der Waals surface area contributed by atoms with Crippen LogP contribution in [0.3, 0.4) is 0 Å². The minimum absolute atomic E-state index is 0.0458. The quantitative estimate of drug-likeness (QED) is 0.804. The van der Waals surface area contributed by atoms with Crippen molar-refractivity contribution < 1.29 is 19.8 Å². The third kappa shape index (κ3) is 3.52. The van der Waals surface area contributed by atoms with Crippen LogP contribution in [0.15, 0.2) is 41.1 Å². The number of likely N-dealkylation sites (tertiary alicyclic amines) is 2. The smallest absolute Gasteiger partial charge is 0.254 e. The van der Waals surface area contributed by atoms with Crippen LogP contribution in [0.1, 0.15) is 22.3 Å². The van der Waals surface area contributed by atoms with E-state index in [4.69, 9.17) is 0 Å². The van der Waals surface area contributed by atoms with Crippen molar-refractivity contribution in [3.8, 4) is 5.75 Å². The first-order valence-corrected chi connectivity index (χ1v) is 10.4. The average molecular weight is 401 g/mol. The highest BCUT2D eigenvalue weighted by Gasteiger charge is 2.54. The summed E-state index contributed by atoms with van der Waals surface area (Å²) in [6.45, 7) is 1.96. The zero-order valence-corrected chi connectivity index (χ0v) is 16.4. The van der Waals surface area contributed by atoms with E-state index >= 15 is 0 Å². The molecule has 0 radical (unpaired) electrons. The Kier molecular flexibility index (Phi) is 5.12. The third-order valence-electron chi connectivity index (χ3n) is 6.01. The molecule has 2 unspecified atom stereocenters. The Morgan fingerprint density at radius 3 is 2.64 bits per heavy atom. The maximum absolute atomic E-state index is 12.8. The number of phenols is 1. The lowest BCUT2D eigenvalue weighted by Gasteiger charge is -2.27. The SMILES string of the molecule is O=C(CCc1ccsc1)N1CC2CN(C(=O)c3cccc(O)c3)CC2(CO)C1. The van der Waals surface area contributed by atoms with Crippen LogP contribution in [0.4, 0.5) is 0 Å². The maximum atomic E-state index is 12.8. The van der Waals surface area contributed by atoms with Gasteiger partial charge < -0.3 is 20.0 Å². The van der Waals surface area contributed by atoms with Crippen molar-refractivity contribution in [3.63, 3.8) is 0 Å². The van der Waals surface area contributed by atoms with E-state index < -0.39 is 5.41 Å². The zero-order chi connectivity index (χ0) is 19.7. The van der Waals surface area contributed by atoms with Crippen molar-refractivity contribution in [3.05, 3.63) is 52.2 Å². The molecule has 0 bridgehead atoms. The number of rotatable bonds is 5. The molecule has 2 N–H and O–H groups in total. The third-order valence-corrected chi connectivity index (χ3v) is 6.75. The molecule has 6 nitrogen and oxygen atoms in total. The van der Waals surface area contributed by atoms with Gasteiger partial charge in [0.1, 0.15) is 5.75 Å². The number of aliphatic hydroxyl groups is 1. The molecule has 2 saturated heterocycles. The average Bonchev–Trinajstić information content (AvgIpc) is 3.40. The number of benzene rings is 1. The fourth-order valence-electron chi connectivity index (χ4n) is 4.41. The molecule has 2 atom stereocenters. The second kappa shape index (κ2) is 7.56. The summed E-state index contributed by atoms with van der Waals surface area (Å²) < 4.78 is 0. The molecule has 4 rings (SSSR count). The maximum Gasteiger partial charge on any atom is 0.254 e. The van der Waals surface area contributed by atoms with Gasteiger partial charge in [-0.25, -0.2) is 0 Å². The first-order chi connectivity index (χ1) is 13.5. The molecular weight excluding hydrogens is 376 g/mol. The lowest BCUT2D eigenvalue weighted by Crippen LogP contribution is -2.40. The number of aliphatic hydroxyl groups excluding tert-OH is 1. The highest BCUT2D eigenvalue weighted by molar-refractivity contribution is 7.07. The van der Waals surface area contributed by atoms with Crippen molar-refractivity contribution in [1.29, 1.82) is 0 Å². The summed E-state index contributed by atoms with van der Waals surface area (Å²) in [7, 11) is 0. The van der Waals surface area contributed by atoms with E-state index in [1.165, 1.54) is 17.7 Å². The fraction of sp³-hybridized carbons (Fsp3) is 0.429. The van der Waals surface area contributed by atoms with Crippen LogP contribution in [-0.2, 0) is 11.2 Å². The molecule has 1 aromatic carbocycles. The van der Waals surface area contributed by atoms with Gasteiger partial charge in [0.05, 0.1) is 6.61 Å². The molecule has 2 aliphatic heterocycles. The van der Waals surface area contributed by atoms with Gasteiger partial charge in [-0.05, 0) is 47.0 Å². The predicted molar refractivity (Wildman–Crippen MR) is 106 cm³/mol. The number of aryl methyl sites for hydroxylation is 1. The number of hydrogen-bond acceptors (Lipinski definition) is 5. The summed E-state index contributed by atoms with van der Waals surface area (Å²) >= 11 is 1.63. The second-order valence-corrected chi connectivity index (χ2v) is 8.64. The predicted octanol–water partition coefficient (Wildman–Crippen LogP) is 1.98. The Bertz CT molecular complexity index is 869. The van der Waals surface area contributed by atoms with Gasteiger partial charge in [0, 0.05) is 49.5 Å². The number of nitrogens with zero attached hydrogens (tertiary/aromatic N) is 2. The van der Waals surface area contributed by atoms with Gasteiger partial charge in [-0.2, -0.15) is 11.3 Å². The first-order valence-electron chi connectivity index (χ1n) is 9.49. The highest BCUT2D eigenvalue weighted by atomic mass is 32.1. The normalized spacial score (nSPS) is 23.8. The number of thiophene rings is 1. The van der Waals surface area contributed by atoms with E-state index in [0.29, 0.717) is 38.2 Å². The second-order valence-electron chi connectivity index (χ2n) is 7.86. The van der Waals surface area contributed by atoms with Gasteiger partial charge in [0.25, 0.3) is 5.91 Å². The largest absolute Gasteiger partial charge is 0.508 e. The Labute approximate surface area is 168 Å². The van der Waals surface area contributed by atoms with Gasteiger partial charge >= 0.3 is 0 Å². The van der Waals surface area contributed by atoms with E-state index in [2.05, 4.69) is 5.38 Å². The number of fused-ring (bicyclic) bond motifs is 1. The Balaban J connectivity index is 1.40. The molecule has 2 aromatic rings. The summed E-state index contributed by atoms with van der Waals surface area (Å²) in [4.78, 5) is 29.0. The molecule has 3 heterocycles. The topological polar surface area (TPSA) is 81.1 Å². The molecule has 2 aliphatic rings. The minimum Gasteiger partial charge on any atom is -0.508 e. The molecular formula is C21H24N2O4S. The van der Waals surface area contributed by atoms with Crippen molar-refractivity contribution in [1.82, 2.24) is 9.80 Å². The van der Waals surface area contributed by atoms with Crippen LogP contribution >= 0.6 is 11.3 Å². The van der Waals surface area contributed by atoms with E-state index in [9.17, 15) is 19.8 Å². The van der Waals surface area contributed by atoms with Crippen molar-refractivity contribution in [2.45, 2.75) is 12.8 Å². The number of amides is 2. The zero-order valence-electron chi connectivity index (χ0n) is 15.6. The van der Waals surface area contributed by atoms with Crippen LogP contribution < -0.4 is 0 Å². The molecule has 1 aromatic heterocycles. The van der Waals surface area contributed by atoms with Crippen molar-refractivity contribution in [2.75, 3.05) is 32.8 Å². The fourth-order valence-corrected chi connectivity index (χ4v) is 5.12. The van der Waals surface area contributed by atoms with E-state index in [1.807, 2.05) is 16.3 Å². The standard InChI is InChI=1S/C21H24N2O4S/c24-14-21-12-22(19(26)5-4-15-6-7-28-11-15)9-17(21)10-23(13-21)20(27)16-2-1-3-18(25)8-16/h1-3,6-8,11,17,24-25H,4-5,9-10,12-14H2. The Morgan fingerprint density at radius 2 is 1.96 bits per heavy atom. The monoisotopic (exact) mass is 400 g/mol. The summed E-state index contributed by atoms with van der Waals surface area (Å²) in [6, 6.07) is 8.36. The summed E-state index contributed by atoms with van der Waals surface area (Å²) in [5.41, 5.74) is 1.17. The number of hydrogen-bond donors (Lipinski definition) is 2. The van der Waals surface area contributed by atoms with Crippen LogP contribution in [0.5, 0.6) is 5.75 Å². The summed E-state index contributed by atoms with van der Waals surface area (Å²) in [5.74, 6) is 0.0982.